The Morgan fingerprint density at radius 1 is 1.48 bits per heavy atom. The smallest absolute Gasteiger partial charge is 0.225 e. The minimum absolute atomic E-state index is 0.325. The zero-order valence-corrected chi connectivity index (χ0v) is 13.7. The van der Waals surface area contributed by atoms with E-state index in [2.05, 4.69) is 41.0 Å². The van der Waals surface area contributed by atoms with Crippen molar-refractivity contribution in [3.05, 3.63) is 17.5 Å². The van der Waals surface area contributed by atoms with Crippen LogP contribution in [0.4, 0.5) is 5.95 Å². The van der Waals surface area contributed by atoms with Crippen molar-refractivity contribution in [2.45, 2.75) is 46.3 Å². The molecule has 0 spiro atoms. The zero-order valence-electron chi connectivity index (χ0n) is 13.7. The predicted octanol–water partition coefficient (Wildman–Crippen LogP) is 2.15. The number of hydrogen-bond donors (Lipinski definition) is 1. The van der Waals surface area contributed by atoms with Crippen molar-refractivity contribution < 1.29 is 4.74 Å². The lowest BCUT2D eigenvalue weighted by Gasteiger charge is -2.21. The molecule has 2 heterocycles. The minimum Gasteiger partial charge on any atom is -0.376 e. The second kappa shape index (κ2) is 7.71. The third-order valence-electron chi connectivity index (χ3n) is 3.78. The predicted molar refractivity (Wildman–Crippen MR) is 85.6 cm³/mol. The molecule has 1 saturated heterocycles. The van der Waals surface area contributed by atoms with Gasteiger partial charge in [0.25, 0.3) is 0 Å². The Hall–Kier alpha value is -1.20. The largest absolute Gasteiger partial charge is 0.376 e. The Bertz CT molecular complexity index is 444. The van der Waals surface area contributed by atoms with Crippen molar-refractivity contribution in [2.24, 2.45) is 5.92 Å². The highest BCUT2D eigenvalue weighted by molar-refractivity contribution is 5.32. The third-order valence-corrected chi connectivity index (χ3v) is 3.78. The van der Waals surface area contributed by atoms with Crippen LogP contribution in [0.15, 0.2) is 6.20 Å². The van der Waals surface area contributed by atoms with E-state index in [9.17, 15) is 0 Å². The Balaban J connectivity index is 1.90. The molecule has 0 radical (unpaired) electrons. The van der Waals surface area contributed by atoms with Crippen molar-refractivity contribution in [2.75, 3.05) is 31.6 Å². The minimum atomic E-state index is 0.325. The lowest BCUT2D eigenvalue weighted by molar-refractivity contribution is 0.116. The van der Waals surface area contributed by atoms with Gasteiger partial charge in [0.1, 0.15) is 0 Å². The van der Waals surface area contributed by atoms with Gasteiger partial charge in [0, 0.05) is 44.2 Å². The van der Waals surface area contributed by atoms with E-state index in [-0.39, 0.29) is 0 Å². The van der Waals surface area contributed by atoms with Crippen LogP contribution in [0.2, 0.25) is 0 Å². The van der Waals surface area contributed by atoms with Crippen LogP contribution < -0.4 is 10.2 Å². The molecule has 0 aliphatic carbocycles. The van der Waals surface area contributed by atoms with Crippen LogP contribution in [0.5, 0.6) is 0 Å². The molecule has 5 nitrogen and oxygen atoms in total. The van der Waals surface area contributed by atoms with Crippen LogP contribution in [0.3, 0.4) is 0 Å². The summed E-state index contributed by atoms with van der Waals surface area (Å²) in [6.07, 6.45) is 4.57. The van der Waals surface area contributed by atoms with E-state index >= 15 is 0 Å². The topological polar surface area (TPSA) is 50.3 Å². The number of hydrogen-bond acceptors (Lipinski definition) is 5. The van der Waals surface area contributed by atoms with E-state index in [0.717, 1.165) is 44.3 Å². The van der Waals surface area contributed by atoms with Gasteiger partial charge in [-0.05, 0) is 32.2 Å². The summed E-state index contributed by atoms with van der Waals surface area (Å²) in [5.41, 5.74) is 2.22. The molecule has 1 N–H and O–H groups in total. The van der Waals surface area contributed by atoms with Gasteiger partial charge in [-0.2, -0.15) is 0 Å². The highest BCUT2D eigenvalue weighted by Gasteiger charge is 2.18. The SMILES string of the molecule is Cc1nc(N(C)CC2CCCO2)ncc1CNCC(C)C. The molecular formula is C16H28N4O. The number of nitrogens with one attached hydrogen (secondary N) is 1. The van der Waals surface area contributed by atoms with E-state index < -0.39 is 0 Å². The normalized spacial score (nSPS) is 18.4. The summed E-state index contributed by atoms with van der Waals surface area (Å²) in [6, 6.07) is 0. The number of nitrogens with zero attached hydrogens (tertiary/aromatic N) is 3. The first-order chi connectivity index (χ1) is 10.1. The van der Waals surface area contributed by atoms with Crippen molar-refractivity contribution in [1.82, 2.24) is 15.3 Å². The summed E-state index contributed by atoms with van der Waals surface area (Å²) in [6.45, 7) is 10.1. The number of ether oxygens (including phenoxy) is 1. The van der Waals surface area contributed by atoms with Gasteiger partial charge in [0.15, 0.2) is 0 Å². The maximum Gasteiger partial charge on any atom is 0.225 e. The summed E-state index contributed by atoms with van der Waals surface area (Å²) in [7, 11) is 2.03. The van der Waals surface area contributed by atoms with Gasteiger partial charge < -0.3 is 15.0 Å². The zero-order chi connectivity index (χ0) is 15.2. The maximum absolute atomic E-state index is 5.67. The molecule has 0 aromatic carbocycles. The fraction of sp³-hybridized carbons (Fsp3) is 0.750. The lowest BCUT2D eigenvalue weighted by atomic mass is 10.2. The van der Waals surface area contributed by atoms with Gasteiger partial charge >= 0.3 is 0 Å². The quantitative estimate of drug-likeness (QED) is 0.834. The van der Waals surface area contributed by atoms with Gasteiger partial charge in [-0.1, -0.05) is 13.8 Å². The third kappa shape index (κ3) is 4.93. The first kappa shape index (κ1) is 16.2. The Morgan fingerprint density at radius 3 is 2.90 bits per heavy atom. The number of anilines is 1. The van der Waals surface area contributed by atoms with Crippen LogP contribution in [-0.4, -0.2) is 42.8 Å². The Labute approximate surface area is 128 Å². The van der Waals surface area contributed by atoms with E-state index in [1.165, 1.54) is 12.0 Å². The molecule has 1 aromatic heterocycles. The number of likely N-dealkylation sites (N-methyl/N-ethyl adjacent to an activating group) is 1. The lowest BCUT2D eigenvalue weighted by Crippen LogP contribution is -2.30. The van der Waals surface area contributed by atoms with Crippen molar-refractivity contribution >= 4 is 5.95 Å². The second-order valence-corrected chi connectivity index (χ2v) is 6.32. The highest BCUT2D eigenvalue weighted by atomic mass is 16.5. The summed E-state index contributed by atoms with van der Waals surface area (Å²) in [5, 5.41) is 3.44. The number of aromatic nitrogens is 2. The number of aryl methyl sites for hydroxylation is 1. The van der Waals surface area contributed by atoms with Gasteiger partial charge in [0.05, 0.1) is 6.10 Å². The summed E-state index contributed by atoms with van der Waals surface area (Å²) in [5.74, 6) is 1.44. The van der Waals surface area contributed by atoms with Crippen LogP contribution in [0.25, 0.3) is 0 Å². The first-order valence-electron chi connectivity index (χ1n) is 7.92. The maximum atomic E-state index is 5.67. The number of rotatable bonds is 7. The fourth-order valence-corrected chi connectivity index (χ4v) is 2.51. The van der Waals surface area contributed by atoms with E-state index in [0.29, 0.717) is 12.0 Å². The average Bonchev–Trinajstić information content (AvgIpc) is 2.93. The Kier molecular flexibility index (Phi) is 5.94. The van der Waals surface area contributed by atoms with Gasteiger partial charge in [-0.3, -0.25) is 0 Å². The summed E-state index contributed by atoms with van der Waals surface area (Å²) < 4.78 is 5.67. The van der Waals surface area contributed by atoms with Crippen LogP contribution in [0, 0.1) is 12.8 Å². The van der Waals surface area contributed by atoms with E-state index in [4.69, 9.17) is 4.74 Å². The van der Waals surface area contributed by atoms with Crippen molar-refractivity contribution in [3.8, 4) is 0 Å². The van der Waals surface area contributed by atoms with Crippen LogP contribution in [-0.2, 0) is 11.3 Å². The molecule has 1 atom stereocenters. The summed E-state index contributed by atoms with van der Waals surface area (Å²) in [4.78, 5) is 11.2. The molecule has 1 aliphatic heterocycles. The molecule has 0 amide bonds. The molecule has 1 aromatic rings. The molecule has 118 valence electrons. The van der Waals surface area contributed by atoms with Gasteiger partial charge in [-0.25, -0.2) is 9.97 Å². The molecular weight excluding hydrogens is 264 g/mol. The highest BCUT2D eigenvalue weighted by Crippen LogP contribution is 2.16. The van der Waals surface area contributed by atoms with Crippen molar-refractivity contribution in [3.63, 3.8) is 0 Å². The molecule has 1 unspecified atom stereocenters. The molecule has 5 heteroatoms. The van der Waals surface area contributed by atoms with Crippen LogP contribution >= 0.6 is 0 Å². The summed E-state index contributed by atoms with van der Waals surface area (Å²) >= 11 is 0. The fourth-order valence-electron chi connectivity index (χ4n) is 2.51. The van der Waals surface area contributed by atoms with Crippen LogP contribution in [0.1, 0.15) is 37.9 Å². The van der Waals surface area contributed by atoms with Gasteiger partial charge in [-0.15, -0.1) is 0 Å². The molecule has 2 rings (SSSR count). The molecule has 0 saturated carbocycles. The Morgan fingerprint density at radius 2 is 2.29 bits per heavy atom. The second-order valence-electron chi connectivity index (χ2n) is 6.32. The average molecular weight is 292 g/mol. The molecule has 1 fully saturated rings. The van der Waals surface area contributed by atoms with E-state index in [1.807, 2.05) is 13.2 Å². The molecule has 21 heavy (non-hydrogen) atoms. The van der Waals surface area contributed by atoms with Gasteiger partial charge in [0.2, 0.25) is 5.95 Å². The standard InChI is InChI=1S/C16H28N4O/c1-12(2)8-17-9-14-10-18-16(19-13(14)3)20(4)11-15-6-5-7-21-15/h10,12,15,17H,5-9,11H2,1-4H3. The molecule has 1 aliphatic rings. The first-order valence-corrected chi connectivity index (χ1v) is 7.92. The van der Waals surface area contributed by atoms with Crippen molar-refractivity contribution in [1.29, 1.82) is 0 Å². The molecule has 0 bridgehead atoms. The monoisotopic (exact) mass is 292 g/mol. The van der Waals surface area contributed by atoms with E-state index in [1.54, 1.807) is 0 Å².